The number of aromatic nitrogens is 1. The number of nitrogens with zero attached hydrogens (tertiary/aromatic N) is 2. The molecule has 0 spiro atoms. The van der Waals surface area contributed by atoms with Crippen LogP contribution in [0.15, 0.2) is 42.6 Å². The largest absolute Gasteiger partial charge is 0.497 e. The third-order valence-electron chi connectivity index (χ3n) is 3.80. The van der Waals surface area contributed by atoms with Crippen LogP contribution in [0.5, 0.6) is 5.75 Å². The van der Waals surface area contributed by atoms with Crippen molar-refractivity contribution in [1.82, 2.24) is 10.3 Å². The van der Waals surface area contributed by atoms with Gasteiger partial charge in [-0.15, -0.1) is 0 Å². The molecule has 0 fully saturated rings. The second-order valence-corrected chi connectivity index (χ2v) is 5.60. The molecule has 0 saturated heterocycles. The van der Waals surface area contributed by atoms with E-state index in [1.54, 1.807) is 7.11 Å². The number of hydrogen-bond donors (Lipinski definition) is 1. The molecule has 0 amide bonds. The molecule has 4 nitrogen and oxygen atoms in total. The maximum Gasteiger partial charge on any atom is 0.118 e. The van der Waals surface area contributed by atoms with Gasteiger partial charge in [-0.1, -0.05) is 19.1 Å². The molecule has 0 aliphatic heterocycles. The van der Waals surface area contributed by atoms with E-state index < -0.39 is 0 Å². The summed E-state index contributed by atoms with van der Waals surface area (Å²) in [7, 11) is 5.76. The average Bonchev–Trinajstić information content (AvgIpc) is 2.56. The molecule has 1 aromatic carbocycles. The van der Waals surface area contributed by atoms with Crippen molar-refractivity contribution in [3.05, 3.63) is 53.9 Å². The standard InChI is InChI=1S/C18H25N3O/c1-14(12-19-2)18-11-16(9-10-20-18)21(3)13-15-5-7-17(22-4)8-6-15/h5-11,14,19H,12-13H2,1-4H3. The van der Waals surface area contributed by atoms with E-state index in [-0.39, 0.29) is 0 Å². The van der Waals surface area contributed by atoms with Gasteiger partial charge in [0.05, 0.1) is 7.11 Å². The van der Waals surface area contributed by atoms with Crippen LogP contribution < -0.4 is 15.0 Å². The Kier molecular flexibility index (Phi) is 5.78. The maximum absolute atomic E-state index is 5.20. The van der Waals surface area contributed by atoms with E-state index in [9.17, 15) is 0 Å². The topological polar surface area (TPSA) is 37.4 Å². The Morgan fingerprint density at radius 2 is 1.95 bits per heavy atom. The molecule has 2 aromatic rings. The van der Waals surface area contributed by atoms with Gasteiger partial charge >= 0.3 is 0 Å². The minimum Gasteiger partial charge on any atom is -0.497 e. The summed E-state index contributed by atoms with van der Waals surface area (Å²) >= 11 is 0. The van der Waals surface area contributed by atoms with Gasteiger partial charge in [-0.3, -0.25) is 4.98 Å². The first kappa shape index (κ1) is 16.3. The highest BCUT2D eigenvalue weighted by atomic mass is 16.5. The van der Waals surface area contributed by atoms with E-state index in [2.05, 4.69) is 53.4 Å². The zero-order valence-electron chi connectivity index (χ0n) is 13.8. The van der Waals surface area contributed by atoms with Crippen LogP contribution in [0.25, 0.3) is 0 Å². The van der Waals surface area contributed by atoms with Gasteiger partial charge in [-0.05, 0) is 36.9 Å². The lowest BCUT2D eigenvalue weighted by Gasteiger charge is -2.21. The molecule has 2 rings (SSSR count). The summed E-state index contributed by atoms with van der Waals surface area (Å²) in [6, 6.07) is 12.4. The van der Waals surface area contributed by atoms with Crippen molar-refractivity contribution in [2.24, 2.45) is 0 Å². The molecule has 0 saturated carbocycles. The number of likely N-dealkylation sites (N-methyl/N-ethyl adjacent to an activating group) is 1. The van der Waals surface area contributed by atoms with Crippen LogP contribution in [0, 0.1) is 0 Å². The summed E-state index contributed by atoms with van der Waals surface area (Å²) in [4.78, 5) is 6.72. The van der Waals surface area contributed by atoms with Gasteiger partial charge in [0.1, 0.15) is 5.75 Å². The normalized spacial score (nSPS) is 12.0. The zero-order valence-corrected chi connectivity index (χ0v) is 13.8. The van der Waals surface area contributed by atoms with Crippen molar-refractivity contribution in [2.45, 2.75) is 19.4 Å². The highest BCUT2D eigenvalue weighted by molar-refractivity contribution is 5.47. The third kappa shape index (κ3) is 4.21. The molecule has 0 aliphatic carbocycles. The first-order chi connectivity index (χ1) is 10.6. The molecule has 0 bridgehead atoms. The van der Waals surface area contributed by atoms with E-state index in [4.69, 9.17) is 4.74 Å². The molecule has 1 atom stereocenters. The lowest BCUT2D eigenvalue weighted by molar-refractivity contribution is 0.414. The lowest BCUT2D eigenvalue weighted by Crippen LogP contribution is -2.18. The first-order valence-corrected chi connectivity index (χ1v) is 7.58. The van der Waals surface area contributed by atoms with E-state index in [0.29, 0.717) is 5.92 Å². The van der Waals surface area contributed by atoms with Gasteiger partial charge in [0.2, 0.25) is 0 Å². The van der Waals surface area contributed by atoms with Crippen LogP contribution in [0.2, 0.25) is 0 Å². The van der Waals surface area contributed by atoms with Crippen LogP contribution in [-0.4, -0.2) is 32.7 Å². The van der Waals surface area contributed by atoms with Crippen molar-refractivity contribution in [3.8, 4) is 5.75 Å². The van der Waals surface area contributed by atoms with Crippen LogP contribution in [0.4, 0.5) is 5.69 Å². The fourth-order valence-corrected chi connectivity index (χ4v) is 2.45. The minimum absolute atomic E-state index is 0.402. The summed E-state index contributed by atoms with van der Waals surface area (Å²) < 4.78 is 5.20. The fourth-order valence-electron chi connectivity index (χ4n) is 2.45. The molecule has 1 heterocycles. The van der Waals surface area contributed by atoms with Gasteiger partial charge in [0.25, 0.3) is 0 Å². The van der Waals surface area contributed by atoms with Gasteiger partial charge in [-0.2, -0.15) is 0 Å². The number of anilines is 1. The number of rotatable bonds is 7. The number of nitrogens with one attached hydrogen (secondary N) is 1. The maximum atomic E-state index is 5.20. The van der Waals surface area contributed by atoms with E-state index in [0.717, 1.165) is 24.5 Å². The molecule has 1 aromatic heterocycles. The Balaban J connectivity index is 2.08. The quantitative estimate of drug-likeness (QED) is 0.852. The van der Waals surface area contributed by atoms with Crippen molar-refractivity contribution in [1.29, 1.82) is 0 Å². The average molecular weight is 299 g/mol. The van der Waals surface area contributed by atoms with Crippen molar-refractivity contribution in [3.63, 3.8) is 0 Å². The molecule has 4 heteroatoms. The Morgan fingerprint density at radius 1 is 1.23 bits per heavy atom. The SMILES string of the molecule is CNCC(C)c1cc(N(C)Cc2ccc(OC)cc2)ccn1. The highest BCUT2D eigenvalue weighted by Crippen LogP contribution is 2.21. The van der Waals surface area contributed by atoms with Gasteiger partial charge in [-0.25, -0.2) is 0 Å². The van der Waals surface area contributed by atoms with Gasteiger partial charge in [0, 0.05) is 43.6 Å². The zero-order chi connectivity index (χ0) is 15.9. The molecule has 22 heavy (non-hydrogen) atoms. The summed E-state index contributed by atoms with van der Waals surface area (Å²) in [6.07, 6.45) is 1.89. The second-order valence-electron chi connectivity index (χ2n) is 5.60. The Morgan fingerprint density at radius 3 is 2.59 bits per heavy atom. The molecule has 118 valence electrons. The Hall–Kier alpha value is -2.07. The smallest absolute Gasteiger partial charge is 0.118 e. The highest BCUT2D eigenvalue weighted by Gasteiger charge is 2.09. The van der Waals surface area contributed by atoms with E-state index >= 15 is 0 Å². The first-order valence-electron chi connectivity index (χ1n) is 7.58. The van der Waals surface area contributed by atoms with E-state index in [1.165, 1.54) is 11.3 Å². The summed E-state index contributed by atoms with van der Waals surface area (Å²) in [5.41, 5.74) is 3.56. The third-order valence-corrected chi connectivity index (χ3v) is 3.80. The van der Waals surface area contributed by atoms with Crippen LogP contribution in [-0.2, 0) is 6.54 Å². The molecular weight excluding hydrogens is 274 g/mol. The molecule has 1 unspecified atom stereocenters. The fraction of sp³-hybridized carbons (Fsp3) is 0.389. The number of pyridine rings is 1. The molecule has 0 aliphatic rings. The Labute approximate surface area is 133 Å². The monoisotopic (exact) mass is 299 g/mol. The van der Waals surface area contributed by atoms with Gasteiger partial charge in [0.15, 0.2) is 0 Å². The number of hydrogen-bond acceptors (Lipinski definition) is 4. The molecular formula is C18H25N3O. The van der Waals surface area contributed by atoms with Crippen molar-refractivity contribution >= 4 is 5.69 Å². The molecule has 0 radical (unpaired) electrons. The van der Waals surface area contributed by atoms with Gasteiger partial charge < -0.3 is 15.0 Å². The van der Waals surface area contributed by atoms with Crippen LogP contribution in [0.3, 0.4) is 0 Å². The van der Waals surface area contributed by atoms with Crippen LogP contribution >= 0.6 is 0 Å². The van der Waals surface area contributed by atoms with E-state index in [1.807, 2.05) is 25.4 Å². The van der Waals surface area contributed by atoms with Crippen molar-refractivity contribution in [2.75, 3.05) is 32.6 Å². The summed E-state index contributed by atoms with van der Waals surface area (Å²) in [5, 5.41) is 3.20. The predicted octanol–water partition coefficient (Wildman–Crippen LogP) is 3.05. The van der Waals surface area contributed by atoms with Crippen LogP contribution in [0.1, 0.15) is 24.1 Å². The minimum atomic E-state index is 0.402. The summed E-state index contributed by atoms with van der Waals surface area (Å²) in [5.74, 6) is 1.29. The van der Waals surface area contributed by atoms with Crippen molar-refractivity contribution < 1.29 is 4.74 Å². The number of ether oxygens (including phenoxy) is 1. The number of benzene rings is 1. The summed E-state index contributed by atoms with van der Waals surface area (Å²) in [6.45, 7) is 3.97. The predicted molar refractivity (Wildman–Crippen MR) is 91.7 cm³/mol. The second kappa shape index (κ2) is 7.80. The molecule has 1 N–H and O–H groups in total. The Bertz CT molecular complexity index is 583. The number of methoxy groups -OCH3 is 1. The lowest BCUT2D eigenvalue weighted by atomic mass is 10.1.